The van der Waals surface area contributed by atoms with Crippen molar-refractivity contribution in [3.05, 3.63) is 60.2 Å². The van der Waals surface area contributed by atoms with Crippen LogP contribution in [0.5, 0.6) is 11.5 Å². The third-order valence-corrected chi connectivity index (χ3v) is 3.22. The van der Waals surface area contributed by atoms with Gasteiger partial charge in [0.25, 0.3) is 5.91 Å². The van der Waals surface area contributed by atoms with Gasteiger partial charge in [0.15, 0.2) is 6.61 Å². The predicted octanol–water partition coefficient (Wildman–Crippen LogP) is 1.89. The standard InChI is InChI=1S/C19H20N2O5/c1-2-20-17(22)12-21-18(23)13-25-19(24)14-8-10-16(11-9-14)26-15-6-4-3-5-7-15/h3-11H,2,12-13H2,1H3,(H,20,22)(H,21,23). The third-order valence-electron chi connectivity index (χ3n) is 3.22. The largest absolute Gasteiger partial charge is 0.457 e. The van der Waals surface area contributed by atoms with Crippen LogP contribution in [0.15, 0.2) is 54.6 Å². The van der Waals surface area contributed by atoms with Crippen LogP contribution in [0.3, 0.4) is 0 Å². The molecule has 0 fully saturated rings. The van der Waals surface area contributed by atoms with Crippen molar-refractivity contribution in [2.45, 2.75) is 6.92 Å². The molecule has 0 saturated carbocycles. The maximum absolute atomic E-state index is 11.9. The van der Waals surface area contributed by atoms with Gasteiger partial charge in [0.2, 0.25) is 5.91 Å². The Bertz CT molecular complexity index is 744. The SMILES string of the molecule is CCNC(=O)CNC(=O)COC(=O)c1ccc(Oc2ccccc2)cc1. The minimum absolute atomic E-state index is 0.157. The van der Waals surface area contributed by atoms with Crippen molar-refractivity contribution >= 4 is 17.8 Å². The Kier molecular flexibility index (Phi) is 7.17. The minimum atomic E-state index is -0.635. The summed E-state index contributed by atoms with van der Waals surface area (Å²) in [6.07, 6.45) is 0. The molecule has 7 nitrogen and oxygen atoms in total. The summed E-state index contributed by atoms with van der Waals surface area (Å²) in [5.41, 5.74) is 0.293. The molecule has 2 aromatic carbocycles. The predicted molar refractivity (Wildman–Crippen MR) is 94.9 cm³/mol. The lowest BCUT2D eigenvalue weighted by atomic mass is 10.2. The molecule has 0 spiro atoms. The molecule has 0 aromatic heterocycles. The summed E-state index contributed by atoms with van der Waals surface area (Å²) in [5, 5.41) is 4.90. The first-order valence-corrected chi connectivity index (χ1v) is 8.12. The fourth-order valence-electron chi connectivity index (χ4n) is 1.99. The number of benzene rings is 2. The van der Waals surface area contributed by atoms with Gasteiger partial charge in [-0.2, -0.15) is 0 Å². The highest BCUT2D eigenvalue weighted by Gasteiger charge is 2.11. The highest BCUT2D eigenvalue weighted by molar-refractivity contribution is 5.92. The topological polar surface area (TPSA) is 93.7 Å². The molecule has 0 unspecified atom stereocenters. The number of hydrogen-bond donors (Lipinski definition) is 2. The van der Waals surface area contributed by atoms with Crippen molar-refractivity contribution < 1.29 is 23.9 Å². The van der Waals surface area contributed by atoms with Gasteiger partial charge < -0.3 is 20.1 Å². The van der Waals surface area contributed by atoms with Crippen molar-refractivity contribution in [2.75, 3.05) is 19.7 Å². The lowest BCUT2D eigenvalue weighted by Crippen LogP contribution is -2.38. The second kappa shape index (κ2) is 9.83. The van der Waals surface area contributed by atoms with Crippen molar-refractivity contribution in [3.63, 3.8) is 0 Å². The van der Waals surface area contributed by atoms with E-state index in [0.717, 1.165) is 0 Å². The average Bonchev–Trinajstić information content (AvgIpc) is 2.66. The lowest BCUT2D eigenvalue weighted by molar-refractivity contribution is -0.127. The molecule has 2 amide bonds. The van der Waals surface area contributed by atoms with Crippen molar-refractivity contribution in [3.8, 4) is 11.5 Å². The zero-order valence-corrected chi connectivity index (χ0v) is 14.4. The van der Waals surface area contributed by atoms with Gasteiger partial charge in [-0.05, 0) is 43.3 Å². The molecule has 7 heteroatoms. The van der Waals surface area contributed by atoms with E-state index >= 15 is 0 Å². The van der Waals surface area contributed by atoms with E-state index in [2.05, 4.69) is 10.6 Å². The fraction of sp³-hybridized carbons (Fsp3) is 0.211. The molecule has 0 aliphatic heterocycles. The van der Waals surface area contributed by atoms with Crippen molar-refractivity contribution in [1.29, 1.82) is 0 Å². The maximum Gasteiger partial charge on any atom is 0.338 e. The Morgan fingerprint density at radius 1 is 0.846 bits per heavy atom. The van der Waals surface area contributed by atoms with Gasteiger partial charge in [0.05, 0.1) is 12.1 Å². The van der Waals surface area contributed by atoms with Gasteiger partial charge in [0.1, 0.15) is 11.5 Å². The molecule has 0 heterocycles. The fourth-order valence-corrected chi connectivity index (χ4v) is 1.99. The van der Waals surface area contributed by atoms with E-state index in [4.69, 9.17) is 9.47 Å². The van der Waals surface area contributed by atoms with E-state index in [1.807, 2.05) is 30.3 Å². The van der Waals surface area contributed by atoms with Crippen LogP contribution < -0.4 is 15.4 Å². The second-order valence-corrected chi connectivity index (χ2v) is 5.25. The number of esters is 1. The first-order valence-electron chi connectivity index (χ1n) is 8.12. The molecule has 136 valence electrons. The van der Waals surface area contributed by atoms with E-state index in [1.165, 1.54) is 0 Å². The Balaban J connectivity index is 1.78. The molecule has 0 radical (unpaired) electrons. The Hall–Kier alpha value is -3.35. The molecule has 0 bridgehead atoms. The van der Waals surface area contributed by atoms with E-state index < -0.39 is 18.5 Å². The number of likely N-dealkylation sites (N-methyl/N-ethyl adjacent to an activating group) is 1. The van der Waals surface area contributed by atoms with Crippen molar-refractivity contribution in [2.24, 2.45) is 0 Å². The minimum Gasteiger partial charge on any atom is -0.457 e. The summed E-state index contributed by atoms with van der Waals surface area (Å²) in [5.74, 6) is -0.224. The summed E-state index contributed by atoms with van der Waals surface area (Å²) in [4.78, 5) is 34.7. The third kappa shape index (κ3) is 6.27. The number of carbonyl (C=O) groups excluding carboxylic acids is 3. The van der Waals surface area contributed by atoms with E-state index in [9.17, 15) is 14.4 Å². The van der Waals surface area contributed by atoms with E-state index in [-0.39, 0.29) is 12.5 Å². The second-order valence-electron chi connectivity index (χ2n) is 5.25. The van der Waals surface area contributed by atoms with Crippen LogP contribution in [-0.4, -0.2) is 37.5 Å². The first-order chi connectivity index (χ1) is 12.6. The monoisotopic (exact) mass is 356 g/mol. The highest BCUT2D eigenvalue weighted by atomic mass is 16.5. The number of para-hydroxylation sites is 1. The van der Waals surface area contributed by atoms with Crippen LogP contribution in [0.25, 0.3) is 0 Å². The van der Waals surface area contributed by atoms with Crippen LogP contribution in [0.2, 0.25) is 0 Å². The van der Waals surface area contributed by atoms with Gasteiger partial charge in [-0.25, -0.2) is 4.79 Å². The molecule has 0 atom stereocenters. The van der Waals surface area contributed by atoms with Gasteiger partial charge in [-0.1, -0.05) is 18.2 Å². The number of nitrogens with one attached hydrogen (secondary N) is 2. The quantitative estimate of drug-likeness (QED) is 0.705. The summed E-state index contributed by atoms with van der Waals surface area (Å²) < 4.78 is 10.5. The number of rotatable bonds is 8. The van der Waals surface area contributed by atoms with Crippen LogP contribution in [0.1, 0.15) is 17.3 Å². The summed E-state index contributed by atoms with van der Waals surface area (Å²) >= 11 is 0. The lowest BCUT2D eigenvalue weighted by Gasteiger charge is -2.08. The number of hydrogen-bond acceptors (Lipinski definition) is 5. The number of carbonyl (C=O) groups is 3. The molecule has 26 heavy (non-hydrogen) atoms. The Morgan fingerprint density at radius 2 is 1.50 bits per heavy atom. The van der Waals surface area contributed by atoms with Gasteiger partial charge in [-0.3, -0.25) is 9.59 Å². The Labute approximate surface area is 151 Å². The average molecular weight is 356 g/mol. The normalized spacial score (nSPS) is 9.88. The summed E-state index contributed by atoms with van der Waals surface area (Å²) in [6.45, 7) is 1.64. The van der Waals surface area contributed by atoms with Crippen LogP contribution in [0.4, 0.5) is 0 Å². The number of amides is 2. The Morgan fingerprint density at radius 3 is 2.15 bits per heavy atom. The summed E-state index contributed by atoms with van der Waals surface area (Å²) in [7, 11) is 0. The summed E-state index contributed by atoms with van der Waals surface area (Å²) in [6, 6.07) is 15.6. The molecule has 2 rings (SSSR count). The maximum atomic E-state index is 11.9. The van der Waals surface area contributed by atoms with Crippen LogP contribution >= 0.6 is 0 Å². The van der Waals surface area contributed by atoms with E-state index in [0.29, 0.717) is 23.6 Å². The highest BCUT2D eigenvalue weighted by Crippen LogP contribution is 2.21. The number of ether oxygens (including phenoxy) is 2. The zero-order chi connectivity index (χ0) is 18.8. The zero-order valence-electron chi connectivity index (χ0n) is 14.4. The smallest absolute Gasteiger partial charge is 0.338 e. The van der Waals surface area contributed by atoms with Crippen molar-refractivity contribution in [1.82, 2.24) is 10.6 Å². The van der Waals surface area contributed by atoms with Crippen LogP contribution in [0, 0.1) is 0 Å². The van der Waals surface area contributed by atoms with E-state index in [1.54, 1.807) is 31.2 Å². The molecular formula is C19H20N2O5. The van der Waals surface area contributed by atoms with Gasteiger partial charge >= 0.3 is 5.97 Å². The molecular weight excluding hydrogens is 336 g/mol. The first kappa shape index (κ1) is 19.0. The molecule has 0 aliphatic carbocycles. The molecule has 2 aromatic rings. The molecule has 2 N–H and O–H groups in total. The molecule has 0 aliphatic rings. The molecule has 0 saturated heterocycles. The van der Waals surface area contributed by atoms with Crippen LogP contribution in [-0.2, 0) is 14.3 Å². The van der Waals surface area contributed by atoms with Gasteiger partial charge in [-0.15, -0.1) is 0 Å². The van der Waals surface area contributed by atoms with Gasteiger partial charge in [0, 0.05) is 6.54 Å².